The molecular weight excluding hydrogens is 498 g/mol. The highest BCUT2D eigenvalue weighted by atomic mass is 35.5. The predicted octanol–water partition coefficient (Wildman–Crippen LogP) is 6.48. The van der Waals surface area contributed by atoms with Gasteiger partial charge in [0, 0.05) is 18.8 Å². The Morgan fingerprint density at radius 2 is 1.55 bits per heavy atom. The van der Waals surface area contributed by atoms with Gasteiger partial charge in [-0.3, -0.25) is 9.59 Å². The lowest BCUT2D eigenvalue weighted by Gasteiger charge is -2.29. The van der Waals surface area contributed by atoms with Gasteiger partial charge >= 0.3 is 0 Å². The summed E-state index contributed by atoms with van der Waals surface area (Å²) in [6, 6.07) is 9.97. The van der Waals surface area contributed by atoms with E-state index in [4.69, 9.17) is 46.4 Å². The van der Waals surface area contributed by atoms with E-state index in [1.165, 1.54) is 11.8 Å². The van der Waals surface area contributed by atoms with Crippen LogP contribution in [0.5, 0.6) is 0 Å². The molecular formula is C22H24Cl4N2O2S. The third kappa shape index (κ3) is 8.07. The standard InChI is InChI=1S/C22H24Cl4N2O2S/c1-3-8-27-22(30)14(2)28(11-15-4-6-17(23)19(25)9-15)21(29)13-31-12-16-5-7-18(24)20(26)10-16/h4-7,9-10,14H,3,8,11-13H2,1-2H3,(H,27,30). The highest BCUT2D eigenvalue weighted by molar-refractivity contribution is 7.99. The number of benzene rings is 2. The molecule has 31 heavy (non-hydrogen) atoms. The molecule has 0 heterocycles. The van der Waals surface area contributed by atoms with Crippen molar-refractivity contribution in [1.82, 2.24) is 10.2 Å². The summed E-state index contributed by atoms with van der Waals surface area (Å²) in [5, 5.41) is 4.67. The van der Waals surface area contributed by atoms with Crippen LogP contribution in [0.4, 0.5) is 0 Å². The number of carbonyl (C=O) groups is 2. The van der Waals surface area contributed by atoms with E-state index < -0.39 is 6.04 Å². The second-order valence-corrected chi connectivity index (χ2v) is 9.59. The maximum Gasteiger partial charge on any atom is 0.242 e. The molecule has 2 aromatic carbocycles. The number of nitrogens with one attached hydrogen (secondary N) is 1. The molecule has 0 aromatic heterocycles. The molecule has 1 unspecified atom stereocenters. The van der Waals surface area contributed by atoms with E-state index in [2.05, 4.69) is 5.32 Å². The van der Waals surface area contributed by atoms with Gasteiger partial charge in [0.1, 0.15) is 6.04 Å². The summed E-state index contributed by atoms with van der Waals surface area (Å²) in [6.45, 7) is 4.51. The fourth-order valence-electron chi connectivity index (χ4n) is 2.78. The van der Waals surface area contributed by atoms with Crippen molar-refractivity contribution in [1.29, 1.82) is 0 Å². The topological polar surface area (TPSA) is 49.4 Å². The average molecular weight is 522 g/mol. The Morgan fingerprint density at radius 1 is 0.968 bits per heavy atom. The molecule has 0 radical (unpaired) electrons. The van der Waals surface area contributed by atoms with Crippen LogP contribution in [0.2, 0.25) is 20.1 Å². The summed E-state index contributed by atoms with van der Waals surface area (Å²) in [4.78, 5) is 27.1. The van der Waals surface area contributed by atoms with Crippen molar-refractivity contribution in [2.75, 3.05) is 12.3 Å². The summed E-state index contributed by atoms with van der Waals surface area (Å²) in [6.07, 6.45) is 0.818. The molecule has 0 fully saturated rings. The summed E-state index contributed by atoms with van der Waals surface area (Å²) in [5.74, 6) is 0.479. The van der Waals surface area contributed by atoms with Gasteiger partial charge in [-0.15, -0.1) is 11.8 Å². The quantitative estimate of drug-likeness (QED) is 0.389. The van der Waals surface area contributed by atoms with Crippen LogP contribution in [0.15, 0.2) is 36.4 Å². The molecule has 0 aliphatic rings. The van der Waals surface area contributed by atoms with Gasteiger partial charge in [-0.2, -0.15) is 0 Å². The Hall–Kier alpha value is -1.11. The molecule has 0 aliphatic carbocycles. The van der Waals surface area contributed by atoms with Crippen LogP contribution in [-0.2, 0) is 21.9 Å². The van der Waals surface area contributed by atoms with Gasteiger partial charge < -0.3 is 10.2 Å². The Kier molecular flexibility index (Phi) is 10.8. The van der Waals surface area contributed by atoms with E-state index in [1.807, 2.05) is 13.0 Å². The second kappa shape index (κ2) is 12.8. The normalized spacial score (nSPS) is 11.8. The lowest BCUT2D eigenvalue weighted by molar-refractivity contribution is -0.138. The van der Waals surface area contributed by atoms with Gasteiger partial charge in [-0.25, -0.2) is 0 Å². The van der Waals surface area contributed by atoms with Gasteiger partial charge in [0.2, 0.25) is 11.8 Å². The van der Waals surface area contributed by atoms with E-state index >= 15 is 0 Å². The van der Waals surface area contributed by atoms with Crippen LogP contribution in [-0.4, -0.2) is 35.1 Å². The van der Waals surface area contributed by atoms with Gasteiger partial charge in [0.15, 0.2) is 0 Å². The van der Waals surface area contributed by atoms with Gasteiger partial charge in [0.05, 0.1) is 25.8 Å². The molecule has 4 nitrogen and oxygen atoms in total. The third-order valence-corrected chi connectivity index (χ3v) is 7.00. The molecule has 0 spiro atoms. The number of amides is 2. The van der Waals surface area contributed by atoms with Crippen molar-refractivity contribution in [3.8, 4) is 0 Å². The van der Waals surface area contributed by atoms with E-state index in [0.717, 1.165) is 17.5 Å². The maximum atomic E-state index is 13.0. The number of hydrogen-bond donors (Lipinski definition) is 1. The van der Waals surface area contributed by atoms with Crippen molar-refractivity contribution in [3.63, 3.8) is 0 Å². The lowest BCUT2D eigenvalue weighted by Crippen LogP contribution is -2.48. The van der Waals surface area contributed by atoms with E-state index in [9.17, 15) is 9.59 Å². The first-order valence-corrected chi connectivity index (χ1v) is 12.4. The summed E-state index contributed by atoms with van der Waals surface area (Å²) in [5.41, 5.74) is 1.77. The minimum atomic E-state index is -0.626. The van der Waals surface area contributed by atoms with Crippen molar-refractivity contribution in [3.05, 3.63) is 67.6 Å². The first kappa shape index (κ1) is 26.1. The monoisotopic (exact) mass is 520 g/mol. The first-order valence-electron chi connectivity index (χ1n) is 9.75. The van der Waals surface area contributed by atoms with E-state index in [1.54, 1.807) is 42.2 Å². The lowest BCUT2D eigenvalue weighted by atomic mass is 10.1. The molecule has 9 heteroatoms. The zero-order chi connectivity index (χ0) is 23.0. The van der Waals surface area contributed by atoms with Crippen molar-refractivity contribution < 1.29 is 9.59 Å². The molecule has 168 valence electrons. The summed E-state index contributed by atoms with van der Waals surface area (Å²) >= 11 is 25.6. The van der Waals surface area contributed by atoms with Crippen molar-refractivity contribution in [2.24, 2.45) is 0 Å². The Balaban J connectivity index is 2.09. The van der Waals surface area contributed by atoms with Gasteiger partial charge in [-0.05, 0) is 48.7 Å². The van der Waals surface area contributed by atoms with Crippen LogP contribution in [0.1, 0.15) is 31.4 Å². The molecule has 1 atom stereocenters. The minimum absolute atomic E-state index is 0.143. The summed E-state index contributed by atoms with van der Waals surface area (Å²) < 4.78 is 0. The Labute approximate surface area is 207 Å². The van der Waals surface area contributed by atoms with Crippen LogP contribution in [0.3, 0.4) is 0 Å². The zero-order valence-corrected chi connectivity index (χ0v) is 21.1. The van der Waals surface area contributed by atoms with E-state index in [-0.39, 0.29) is 24.1 Å². The number of rotatable bonds is 10. The first-order chi connectivity index (χ1) is 14.7. The molecule has 2 amide bonds. The zero-order valence-electron chi connectivity index (χ0n) is 17.3. The van der Waals surface area contributed by atoms with Gasteiger partial charge in [-0.1, -0.05) is 65.5 Å². The van der Waals surface area contributed by atoms with Crippen LogP contribution >= 0.6 is 58.2 Å². The van der Waals surface area contributed by atoms with E-state index in [0.29, 0.717) is 32.4 Å². The second-order valence-electron chi connectivity index (χ2n) is 6.98. The highest BCUT2D eigenvalue weighted by Crippen LogP contribution is 2.26. The van der Waals surface area contributed by atoms with Crippen molar-refractivity contribution >= 4 is 70.0 Å². The molecule has 0 aliphatic heterocycles. The molecule has 2 aromatic rings. The SMILES string of the molecule is CCCNC(=O)C(C)N(Cc1ccc(Cl)c(Cl)c1)C(=O)CSCc1ccc(Cl)c(Cl)c1. The highest BCUT2D eigenvalue weighted by Gasteiger charge is 2.26. The molecule has 0 saturated heterocycles. The Morgan fingerprint density at radius 3 is 2.13 bits per heavy atom. The van der Waals surface area contributed by atoms with Gasteiger partial charge in [0.25, 0.3) is 0 Å². The molecule has 1 N–H and O–H groups in total. The third-order valence-electron chi connectivity index (χ3n) is 4.53. The molecule has 0 bridgehead atoms. The smallest absolute Gasteiger partial charge is 0.242 e. The van der Waals surface area contributed by atoms with Crippen molar-refractivity contribution in [2.45, 2.75) is 38.6 Å². The number of halogens is 4. The number of hydrogen-bond acceptors (Lipinski definition) is 3. The summed E-state index contributed by atoms with van der Waals surface area (Å²) in [7, 11) is 0. The number of thioether (sulfide) groups is 1. The average Bonchev–Trinajstić information content (AvgIpc) is 2.74. The fraction of sp³-hybridized carbons (Fsp3) is 0.364. The molecule has 2 rings (SSSR count). The predicted molar refractivity (Wildman–Crippen MR) is 132 cm³/mol. The van der Waals surface area contributed by atoms with Crippen LogP contribution < -0.4 is 5.32 Å². The largest absolute Gasteiger partial charge is 0.354 e. The Bertz CT molecular complexity index is 926. The minimum Gasteiger partial charge on any atom is -0.354 e. The fourth-order valence-corrected chi connectivity index (χ4v) is 4.28. The number of carbonyl (C=O) groups excluding carboxylic acids is 2. The maximum absolute atomic E-state index is 13.0. The van der Waals surface area contributed by atoms with Crippen LogP contribution in [0.25, 0.3) is 0 Å². The molecule has 0 saturated carbocycles. The van der Waals surface area contributed by atoms with Crippen LogP contribution in [0, 0.1) is 0 Å². The number of nitrogens with zero attached hydrogens (tertiary/aromatic N) is 1.